The van der Waals surface area contributed by atoms with Gasteiger partial charge >= 0.3 is 0 Å². The van der Waals surface area contributed by atoms with E-state index < -0.39 is 22.1 Å². The number of morpholine rings is 1. The minimum Gasteiger partial charge on any atom is -0.379 e. The molecule has 170 valence electrons. The van der Waals surface area contributed by atoms with Crippen molar-refractivity contribution in [2.24, 2.45) is 5.92 Å². The number of hydrogen-bond acceptors (Lipinski definition) is 4. The molecule has 1 aliphatic carbocycles. The number of anilines is 1. The third-order valence-electron chi connectivity index (χ3n) is 5.33. The zero-order valence-corrected chi connectivity index (χ0v) is 20.3. The summed E-state index contributed by atoms with van der Waals surface area (Å²) in [5.41, 5.74) is 4.09. The topological polar surface area (TPSA) is 70.7 Å². The summed E-state index contributed by atoms with van der Waals surface area (Å²) in [6.45, 7) is 2.21. The van der Waals surface area contributed by atoms with Crippen LogP contribution in [-0.4, -0.2) is 47.5 Å². The SMILES string of the molecule is O=C(NN1CCOCC1)c1cc(NC(=O)[C@@H]2[C@@H](c3cc(Cl)cc(Cl)c3)C2(Cl)Cl)ccc1Cl. The van der Waals surface area contributed by atoms with E-state index >= 15 is 0 Å². The van der Waals surface area contributed by atoms with Crippen LogP contribution in [0.15, 0.2) is 36.4 Å². The van der Waals surface area contributed by atoms with Crippen LogP contribution in [0.4, 0.5) is 5.69 Å². The van der Waals surface area contributed by atoms with Gasteiger partial charge in [0.05, 0.1) is 29.7 Å². The number of benzene rings is 2. The van der Waals surface area contributed by atoms with Crippen molar-refractivity contribution in [2.75, 3.05) is 31.6 Å². The van der Waals surface area contributed by atoms with Gasteiger partial charge in [-0.15, -0.1) is 23.2 Å². The van der Waals surface area contributed by atoms with Crippen molar-refractivity contribution >= 4 is 75.5 Å². The van der Waals surface area contributed by atoms with E-state index in [1.165, 1.54) is 6.07 Å². The fraction of sp³-hybridized carbons (Fsp3) is 0.333. The molecule has 0 unspecified atom stereocenters. The molecule has 2 aliphatic rings. The van der Waals surface area contributed by atoms with E-state index in [9.17, 15) is 9.59 Å². The number of amides is 2. The van der Waals surface area contributed by atoms with Crippen molar-refractivity contribution in [1.82, 2.24) is 10.4 Å². The molecule has 4 rings (SSSR count). The van der Waals surface area contributed by atoms with E-state index in [1.807, 2.05) is 0 Å². The summed E-state index contributed by atoms with van der Waals surface area (Å²) in [6, 6.07) is 9.60. The Kier molecular flexibility index (Phi) is 7.13. The van der Waals surface area contributed by atoms with Crippen LogP contribution in [0.25, 0.3) is 0 Å². The molecule has 32 heavy (non-hydrogen) atoms. The van der Waals surface area contributed by atoms with Crippen molar-refractivity contribution in [2.45, 2.75) is 10.3 Å². The lowest BCUT2D eigenvalue weighted by Crippen LogP contribution is -2.48. The summed E-state index contributed by atoms with van der Waals surface area (Å²) in [5, 5.41) is 5.64. The number of carbonyl (C=O) groups excluding carboxylic acids is 2. The van der Waals surface area contributed by atoms with Gasteiger partial charge in [-0.3, -0.25) is 15.0 Å². The Morgan fingerprint density at radius 2 is 1.66 bits per heavy atom. The highest BCUT2D eigenvalue weighted by Crippen LogP contribution is 2.65. The maximum atomic E-state index is 12.9. The van der Waals surface area contributed by atoms with Crippen LogP contribution in [-0.2, 0) is 9.53 Å². The zero-order valence-electron chi connectivity index (χ0n) is 16.5. The highest BCUT2D eigenvalue weighted by Gasteiger charge is 2.67. The van der Waals surface area contributed by atoms with Crippen molar-refractivity contribution in [1.29, 1.82) is 0 Å². The van der Waals surface area contributed by atoms with Crippen LogP contribution in [0.2, 0.25) is 15.1 Å². The second kappa shape index (κ2) is 9.55. The Hall–Kier alpha value is -1.25. The van der Waals surface area contributed by atoms with Gasteiger partial charge in [0.15, 0.2) is 0 Å². The first kappa shape index (κ1) is 23.9. The zero-order chi connectivity index (χ0) is 23.0. The van der Waals surface area contributed by atoms with Gasteiger partial charge in [0.25, 0.3) is 5.91 Å². The van der Waals surface area contributed by atoms with E-state index in [4.69, 9.17) is 62.7 Å². The molecule has 2 amide bonds. The first-order valence-corrected chi connectivity index (χ1v) is 11.6. The third kappa shape index (κ3) is 5.12. The minimum absolute atomic E-state index is 0.230. The maximum absolute atomic E-state index is 12.9. The number of ether oxygens (including phenoxy) is 1. The third-order valence-corrected chi connectivity index (χ3v) is 7.04. The molecular weight excluding hydrogens is 520 g/mol. The maximum Gasteiger partial charge on any atom is 0.267 e. The van der Waals surface area contributed by atoms with E-state index in [1.54, 1.807) is 35.3 Å². The van der Waals surface area contributed by atoms with Gasteiger partial charge in [-0.05, 0) is 42.0 Å². The van der Waals surface area contributed by atoms with Crippen LogP contribution in [0, 0.1) is 5.92 Å². The predicted octanol–water partition coefficient (Wildman–Crippen LogP) is 5.15. The Bertz CT molecular complexity index is 1040. The largest absolute Gasteiger partial charge is 0.379 e. The number of alkyl halides is 2. The van der Waals surface area contributed by atoms with E-state index in [0.29, 0.717) is 47.6 Å². The van der Waals surface area contributed by atoms with Crippen LogP contribution in [0.1, 0.15) is 21.8 Å². The summed E-state index contributed by atoms with van der Waals surface area (Å²) in [5.74, 6) is -1.96. The van der Waals surface area contributed by atoms with Gasteiger partial charge in [-0.1, -0.05) is 34.8 Å². The number of rotatable bonds is 5. The van der Waals surface area contributed by atoms with E-state index in [2.05, 4.69) is 10.7 Å². The summed E-state index contributed by atoms with van der Waals surface area (Å²) >= 11 is 31.2. The average Bonchev–Trinajstić information content (AvgIpc) is 3.31. The van der Waals surface area contributed by atoms with E-state index in [0.717, 1.165) is 0 Å². The summed E-state index contributed by atoms with van der Waals surface area (Å²) in [7, 11) is 0. The number of nitrogens with zero attached hydrogens (tertiary/aromatic N) is 1. The Morgan fingerprint density at radius 3 is 2.31 bits per heavy atom. The molecule has 2 aromatic carbocycles. The summed E-state index contributed by atoms with van der Waals surface area (Å²) in [6.07, 6.45) is 0. The molecule has 2 aromatic rings. The lowest BCUT2D eigenvalue weighted by Gasteiger charge is -2.27. The lowest BCUT2D eigenvalue weighted by molar-refractivity contribution is -0.117. The average molecular weight is 538 g/mol. The van der Waals surface area contributed by atoms with Crippen LogP contribution in [0.5, 0.6) is 0 Å². The monoisotopic (exact) mass is 535 g/mol. The normalized spacial score (nSPS) is 22.3. The smallest absolute Gasteiger partial charge is 0.267 e. The summed E-state index contributed by atoms with van der Waals surface area (Å²) in [4.78, 5) is 25.6. The fourth-order valence-electron chi connectivity index (χ4n) is 3.70. The molecule has 6 nitrogen and oxygen atoms in total. The molecule has 2 fully saturated rings. The fourth-order valence-corrected chi connectivity index (χ4v) is 5.27. The van der Waals surface area contributed by atoms with Crippen LogP contribution < -0.4 is 10.7 Å². The number of hydrazine groups is 1. The highest BCUT2D eigenvalue weighted by molar-refractivity contribution is 6.53. The molecule has 2 N–H and O–H groups in total. The number of halogens is 5. The van der Waals surface area contributed by atoms with Gasteiger partial charge in [0, 0.05) is 34.7 Å². The van der Waals surface area contributed by atoms with Gasteiger partial charge in [-0.2, -0.15) is 0 Å². The van der Waals surface area contributed by atoms with Gasteiger partial charge in [0.2, 0.25) is 5.91 Å². The molecule has 0 bridgehead atoms. The van der Waals surface area contributed by atoms with Crippen LogP contribution >= 0.6 is 58.0 Å². The summed E-state index contributed by atoms with van der Waals surface area (Å²) < 4.78 is 3.97. The van der Waals surface area contributed by atoms with Crippen LogP contribution in [0.3, 0.4) is 0 Å². The minimum atomic E-state index is -1.30. The molecule has 11 heteroatoms. The van der Waals surface area contributed by atoms with Crippen molar-refractivity contribution < 1.29 is 14.3 Å². The Balaban J connectivity index is 1.47. The standard InChI is InChI=1S/C21H18Cl5N3O3/c22-12-7-11(8-13(23)9-12)17-18(21(17,25)26)20(31)27-14-1-2-16(24)15(10-14)19(30)28-29-3-5-32-6-4-29/h1-2,7-10,17-18H,3-6H2,(H,27,31)(H,28,30)/t17-,18+/m1/s1. The molecule has 1 aliphatic heterocycles. The Morgan fingerprint density at radius 1 is 1.00 bits per heavy atom. The molecule has 0 aromatic heterocycles. The first-order valence-electron chi connectivity index (χ1n) is 9.74. The van der Waals surface area contributed by atoms with Gasteiger partial charge in [-0.25, -0.2) is 5.01 Å². The lowest BCUT2D eigenvalue weighted by atomic mass is 10.1. The molecule has 2 atom stereocenters. The molecular formula is C21H18Cl5N3O3. The quantitative estimate of drug-likeness (QED) is 0.518. The predicted molar refractivity (Wildman–Crippen MR) is 127 cm³/mol. The molecule has 1 saturated carbocycles. The number of nitrogens with one attached hydrogen (secondary N) is 2. The van der Waals surface area contributed by atoms with Gasteiger partial charge < -0.3 is 10.1 Å². The molecule has 0 spiro atoms. The van der Waals surface area contributed by atoms with Crippen molar-refractivity contribution in [3.8, 4) is 0 Å². The van der Waals surface area contributed by atoms with E-state index in [-0.39, 0.29) is 16.5 Å². The van der Waals surface area contributed by atoms with Crippen molar-refractivity contribution in [3.63, 3.8) is 0 Å². The molecule has 0 radical (unpaired) electrons. The molecule has 1 heterocycles. The second-order valence-electron chi connectivity index (χ2n) is 7.56. The highest BCUT2D eigenvalue weighted by atomic mass is 35.5. The number of carbonyl (C=O) groups is 2. The van der Waals surface area contributed by atoms with Gasteiger partial charge in [0.1, 0.15) is 4.33 Å². The number of hydrogen-bond donors (Lipinski definition) is 2. The molecule has 1 saturated heterocycles. The Labute approximate surface area is 210 Å². The first-order chi connectivity index (χ1) is 15.2. The second-order valence-corrected chi connectivity index (χ2v) is 10.3. The van der Waals surface area contributed by atoms with Crippen molar-refractivity contribution in [3.05, 3.63) is 62.6 Å².